The molecule has 7 heteroatoms. The minimum atomic E-state index is -0.737. The van der Waals surface area contributed by atoms with Gasteiger partial charge in [0.1, 0.15) is 6.73 Å². The number of ether oxygens (including phenoxy) is 1. The van der Waals surface area contributed by atoms with Gasteiger partial charge in [-0.25, -0.2) is 9.98 Å². The summed E-state index contributed by atoms with van der Waals surface area (Å²) in [5.74, 6) is 0.301. The molecule has 2 aliphatic heterocycles. The van der Waals surface area contributed by atoms with E-state index < -0.39 is 6.29 Å². The summed E-state index contributed by atoms with van der Waals surface area (Å²) >= 11 is 0. The van der Waals surface area contributed by atoms with Gasteiger partial charge in [-0.15, -0.1) is 0 Å². The summed E-state index contributed by atoms with van der Waals surface area (Å²) in [6.45, 7) is 4.62. The van der Waals surface area contributed by atoms with Crippen LogP contribution in [0.5, 0.6) is 0 Å². The number of nitrogens with zero attached hydrogens (tertiary/aromatic N) is 3. The average molecular weight is 319 g/mol. The topological polar surface area (TPSA) is 92.3 Å². The maximum Gasteiger partial charge on any atom is 0.262 e. The molecule has 0 aromatic carbocycles. The van der Waals surface area contributed by atoms with E-state index in [1.807, 2.05) is 13.8 Å². The van der Waals surface area contributed by atoms with Crippen LogP contribution in [0.2, 0.25) is 0 Å². The number of amidine groups is 1. The van der Waals surface area contributed by atoms with Gasteiger partial charge in [-0.2, -0.15) is 0 Å². The van der Waals surface area contributed by atoms with Crippen molar-refractivity contribution in [2.75, 3.05) is 13.3 Å². The lowest BCUT2D eigenvalue weighted by atomic mass is 10.1. The number of nitrogens with two attached hydrogens (primary N) is 1. The van der Waals surface area contributed by atoms with Gasteiger partial charge in [-0.1, -0.05) is 12.8 Å². The van der Waals surface area contributed by atoms with Crippen LogP contribution in [0, 0.1) is 0 Å². The maximum absolute atomic E-state index is 12.8. The van der Waals surface area contributed by atoms with Crippen molar-refractivity contribution >= 4 is 18.0 Å². The first-order valence-corrected chi connectivity index (χ1v) is 8.33. The van der Waals surface area contributed by atoms with Crippen molar-refractivity contribution in [3.8, 4) is 0 Å². The highest BCUT2D eigenvalue weighted by Gasteiger charge is 2.36. The molecule has 1 fully saturated rings. The van der Waals surface area contributed by atoms with Gasteiger partial charge in [0.15, 0.2) is 12.1 Å². The molecule has 7 nitrogen and oxygen atoms in total. The normalized spacial score (nSPS) is 24.9. The molecule has 0 bridgehead atoms. The zero-order valence-corrected chi connectivity index (χ0v) is 13.8. The summed E-state index contributed by atoms with van der Waals surface area (Å²) in [5, 5.41) is 3.52. The predicted octanol–water partition coefficient (Wildman–Crippen LogP) is 0.765. The van der Waals surface area contributed by atoms with Gasteiger partial charge in [0.25, 0.3) is 5.91 Å². The molecule has 3 N–H and O–H groups in total. The lowest BCUT2D eigenvalue weighted by Gasteiger charge is -2.31. The minimum Gasteiger partial charge on any atom is -0.358 e. The molecule has 1 aliphatic carbocycles. The number of carbonyl (C=O) groups is 1. The van der Waals surface area contributed by atoms with E-state index >= 15 is 0 Å². The fraction of sp³-hybridized carbons (Fsp3) is 0.688. The summed E-state index contributed by atoms with van der Waals surface area (Å²) in [5.41, 5.74) is 7.41. The first-order valence-electron chi connectivity index (χ1n) is 8.33. The summed E-state index contributed by atoms with van der Waals surface area (Å²) in [6.07, 6.45) is 5.98. The Bertz CT molecular complexity index is 561. The van der Waals surface area contributed by atoms with E-state index in [2.05, 4.69) is 15.3 Å². The van der Waals surface area contributed by atoms with Gasteiger partial charge < -0.3 is 10.1 Å². The van der Waals surface area contributed by atoms with Crippen molar-refractivity contribution in [3.05, 3.63) is 11.1 Å². The molecule has 23 heavy (non-hydrogen) atoms. The maximum atomic E-state index is 12.8. The van der Waals surface area contributed by atoms with Gasteiger partial charge in [0, 0.05) is 24.4 Å². The Hall–Kier alpha value is -1.57. The smallest absolute Gasteiger partial charge is 0.262 e. The molecule has 1 saturated carbocycles. The standard InChI is InChI=1S/C16H25N5O2/c1-10(2)23-9-21-15(22)13-11(7-18-12-5-3-4-6-12)8-19-14(13)20-16(21)17/h8,10,12,16,18H,3-7,9,17H2,1-2H3. The number of amides is 1. The molecule has 0 spiro atoms. The molecule has 0 radical (unpaired) electrons. The van der Waals surface area contributed by atoms with Crippen LogP contribution in [-0.4, -0.2) is 54.6 Å². The molecule has 0 saturated heterocycles. The third-order valence-electron chi connectivity index (χ3n) is 4.42. The SMILES string of the molecule is CC(C)OCN1C(=O)C2=C(CNC3CCCC3)C=NC2=NC1N. The fourth-order valence-electron chi connectivity index (χ4n) is 3.08. The van der Waals surface area contributed by atoms with Crippen molar-refractivity contribution in [1.29, 1.82) is 0 Å². The Labute approximate surface area is 136 Å². The van der Waals surface area contributed by atoms with Crippen LogP contribution in [0.1, 0.15) is 39.5 Å². The van der Waals surface area contributed by atoms with Crippen LogP contribution in [0.3, 0.4) is 0 Å². The van der Waals surface area contributed by atoms with E-state index in [1.54, 1.807) is 6.21 Å². The highest BCUT2D eigenvalue weighted by molar-refractivity contribution is 6.30. The second kappa shape index (κ2) is 6.90. The van der Waals surface area contributed by atoms with Crippen LogP contribution < -0.4 is 11.1 Å². The number of nitrogens with one attached hydrogen (secondary N) is 1. The van der Waals surface area contributed by atoms with E-state index in [-0.39, 0.29) is 18.7 Å². The van der Waals surface area contributed by atoms with Gasteiger partial charge in [-0.3, -0.25) is 15.4 Å². The molecule has 126 valence electrons. The summed E-state index contributed by atoms with van der Waals surface area (Å²) in [7, 11) is 0. The molecular formula is C16H25N5O2. The molecule has 0 aromatic rings. The Morgan fingerprint density at radius 3 is 2.87 bits per heavy atom. The number of hydrogen-bond acceptors (Lipinski definition) is 6. The zero-order chi connectivity index (χ0) is 16.4. The van der Waals surface area contributed by atoms with Crippen molar-refractivity contribution in [2.24, 2.45) is 15.7 Å². The number of aliphatic imine (C=N–C) groups is 2. The molecule has 2 heterocycles. The van der Waals surface area contributed by atoms with Crippen LogP contribution in [0.25, 0.3) is 0 Å². The highest BCUT2D eigenvalue weighted by atomic mass is 16.5. The second-order valence-electron chi connectivity index (χ2n) is 6.51. The third kappa shape index (κ3) is 3.52. The van der Waals surface area contributed by atoms with E-state index in [1.165, 1.54) is 30.6 Å². The van der Waals surface area contributed by atoms with Gasteiger partial charge in [-0.05, 0) is 26.7 Å². The van der Waals surface area contributed by atoms with Crippen molar-refractivity contribution < 1.29 is 9.53 Å². The molecule has 3 aliphatic rings. The number of rotatable bonds is 6. The second-order valence-corrected chi connectivity index (χ2v) is 6.51. The predicted molar refractivity (Wildman–Crippen MR) is 89.1 cm³/mol. The van der Waals surface area contributed by atoms with E-state index in [4.69, 9.17) is 10.5 Å². The molecule has 1 atom stereocenters. The Balaban J connectivity index is 1.72. The minimum absolute atomic E-state index is 0.0256. The highest BCUT2D eigenvalue weighted by Crippen LogP contribution is 2.23. The molecule has 1 unspecified atom stereocenters. The average Bonchev–Trinajstić information content (AvgIpc) is 3.13. The van der Waals surface area contributed by atoms with Gasteiger partial charge in [0.2, 0.25) is 0 Å². The molecule has 0 aromatic heterocycles. The van der Waals surface area contributed by atoms with Crippen molar-refractivity contribution in [3.63, 3.8) is 0 Å². The summed E-state index contributed by atoms with van der Waals surface area (Å²) in [6, 6.07) is 0.541. The van der Waals surface area contributed by atoms with E-state index in [0.717, 1.165) is 5.57 Å². The summed E-state index contributed by atoms with van der Waals surface area (Å²) in [4.78, 5) is 22.8. The van der Waals surface area contributed by atoms with Crippen LogP contribution in [0.15, 0.2) is 21.1 Å². The van der Waals surface area contributed by atoms with Crippen LogP contribution in [0.4, 0.5) is 0 Å². The van der Waals surface area contributed by atoms with E-state index in [0.29, 0.717) is 24.0 Å². The van der Waals surface area contributed by atoms with Crippen LogP contribution in [-0.2, 0) is 9.53 Å². The monoisotopic (exact) mass is 319 g/mol. The molecular weight excluding hydrogens is 294 g/mol. The van der Waals surface area contributed by atoms with Crippen molar-refractivity contribution in [1.82, 2.24) is 10.2 Å². The third-order valence-corrected chi connectivity index (χ3v) is 4.42. The fourth-order valence-corrected chi connectivity index (χ4v) is 3.08. The van der Waals surface area contributed by atoms with Crippen molar-refractivity contribution in [2.45, 2.75) is 58.0 Å². The Kier molecular flexibility index (Phi) is 4.89. The lowest BCUT2D eigenvalue weighted by Crippen LogP contribution is -2.51. The Morgan fingerprint density at radius 2 is 2.17 bits per heavy atom. The number of carbonyl (C=O) groups excluding carboxylic acids is 1. The Morgan fingerprint density at radius 1 is 1.43 bits per heavy atom. The van der Waals surface area contributed by atoms with Gasteiger partial charge >= 0.3 is 0 Å². The summed E-state index contributed by atoms with van der Waals surface area (Å²) < 4.78 is 5.52. The zero-order valence-electron chi connectivity index (χ0n) is 13.8. The molecule has 3 rings (SSSR count). The van der Waals surface area contributed by atoms with Gasteiger partial charge in [0.05, 0.1) is 11.7 Å². The largest absolute Gasteiger partial charge is 0.358 e. The molecule has 1 amide bonds. The van der Waals surface area contributed by atoms with E-state index in [9.17, 15) is 4.79 Å². The quantitative estimate of drug-likeness (QED) is 0.756. The first kappa shape index (κ1) is 16.3. The first-order chi connectivity index (χ1) is 11.1. The number of hydrogen-bond donors (Lipinski definition) is 2. The number of fused-ring (bicyclic) bond motifs is 1. The van der Waals surface area contributed by atoms with Crippen LogP contribution >= 0.6 is 0 Å². The lowest BCUT2D eigenvalue weighted by molar-refractivity contribution is -0.137.